The lowest BCUT2D eigenvalue weighted by Crippen LogP contribution is -2.28. The second kappa shape index (κ2) is 7.55. The number of sulfone groups is 1. The van der Waals surface area contributed by atoms with Crippen LogP contribution in [0.3, 0.4) is 0 Å². The molecule has 0 fully saturated rings. The van der Waals surface area contributed by atoms with Crippen LogP contribution in [0.4, 0.5) is 5.69 Å². The van der Waals surface area contributed by atoms with Gasteiger partial charge in [-0.1, -0.05) is 29.8 Å². The molecule has 0 aromatic heterocycles. The van der Waals surface area contributed by atoms with Gasteiger partial charge in [-0.05, 0) is 36.8 Å². The van der Waals surface area contributed by atoms with E-state index < -0.39 is 19.9 Å². The van der Waals surface area contributed by atoms with Crippen LogP contribution in [-0.2, 0) is 26.4 Å². The van der Waals surface area contributed by atoms with Crippen LogP contribution in [-0.4, -0.2) is 35.4 Å². The standard InChI is InChI=1S/C17H22N2O4S2/c1-14-3-5-15(6-4-14)13-19(11-12-24(2,20)21)16-7-9-17(10-8-16)25(18,22)23/h3-10H,11-13H2,1-2H3,(H2,18,22,23). The first-order valence-corrected chi connectivity index (χ1v) is 11.3. The molecule has 0 heterocycles. The van der Waals surface area contributed by atoms with Gasteiger partial charge in [0.05, 0.1) is 10.6 Å². The van der Waals surface area contributed by atoms with Gasteiger partial charge in [0.15, 0.2) is 0 Å². The maximum absolute atomic E-state index is 11.5. The lowest BCUT2D eigenvalue weighted by molar-refractivity contribution is 0.597. The number of benzene rings is 2. The highest BCUT2D eigenvalue weighted by Crippen LogP contribution is 2.20. The van der Waals surface area contributed by atoms with E-state index in [9.17, 15) is 16.8 Å². The topological polar surface area (TPSA) is 97.5 Å². The summed E-state index contributed by atoms with van der Waals surface area (Å²) in [6.07, 6.45) is 1.20. The van der Waals surface area contributed by atoms with E-state index in [1.54, 1.807) is 12.1 Å². The fraction of sp³-hybridized carbons (Fsp3) is 0.294. The van der Waals surface area contributed by atoms with Crippen molar-refractivity contribution < 1.29 is 16.8 Å². The lowest BCUT2D eigenvalue weighted by Gasteiger charge is -2.25. The highest BCUT2D eigenvalue weighted by atomic mass is 32.2. The van der Waals surface area contributed by atoms with E-state index in [0.29, 0.717) is 13.1 Å². The minimum absolute atomic E-state index is 0.00972. The van der Waals surface area contributed by atoms with Gasteiger partial charge in [0, 0.05) is 25.0 Å². The Morgan fingerprint density at radius 1 is 0.920 bits per heavy atom. The lowest BCUT2D eigenvalue weighted by atomic mass is 10.1. The number of rotatable bonds is 7. The van der Waals surface area contributed by atoms with E-state index in [0.717, 1.165) is 16.8 Å². The average molecular weight is 383 g/mol. The van der Waals surface area contributed by atoms with Gasteiger partial charge < -0.3 is 4.90 Å². The summed E-state index contributed by atoms with van der Waals surface area (Å²) < 4.78 is 45.8. The highest BCUT2D eigenvalue weighted by Gasteiger charge is 2.13. The molecule has 8 heteroatoms. The van der Waals surface area contributed by atoms with Gasteiger partial charge in [0.2, 0.25) is 10.0 Å². The molecule has 0 amide bonds. The van der Waals surface area contributed by atoms with Gasteiger partial charge in [-0.15, -0.1) is 0 Å². The predicted molar refractivity (Wildman–Crippen MR) is 99.8 cm³/mol. The zero-order chi connectivity index (χ0) is 18.7. The Balaban J connectivity index is 2.28. The van der Waals surface area contributed by atoms with E-state index in [2.05, 4.69) is 0 Å². The molecule has 2 aromatic rings. The minimum Gasteiger partial charge on any atom is -0.366 e. The molecule has 2 N–H and O–H groups in total. The Morgan fingerprint density at radius 3 is 1.96 bits per heavy atom. The van der Waals surface area contributed by atoms with Gasteiger partial charge in [-0.3, -0.25) is 0 Å². The van der Waals surface area contributed by atoms with Crippen LogP contribution in [0.15, 0.2) is 53.4 Å². The second-order valence-electron chi connectivity index (χ2n) is 6.08. The molecule has 0 spiro atoms. The van der Waals surface area contributed by atoms with E-state index in [1.165, 1.54) is 18.4 Å². The van der Waals surface area contributed by atoms with Crippen molar-refractivity contribution in [3.05, 3.63) is 59.7 Å². The van der Waals surface area contributed by atoms with Crippen molar-refractivity contribution in [3.8, 4) is 0 Å². The predicted octanol–water partition coefficient (Wildman–Crippen LogP) is 1.69. The summed E-state index contributed by atoms with van der Waals surface area (Å²) >= 11 is 0. The minimum atomic E-state index is -3.76. The van der Waals surface area contributed by atoms with Crippen molar-refractivity contribution in [2.75, 3.05) is 23.5 Å². The molecule has 0 aliphatic rings. The van der Waals surface area contributed by atoms with Gasteiger partial charge in [-0.2, -0.15) is 0 Å². The first-order chi connectivity index (χ1) is 11.5. The van der Waals surface area contributed by atoms with Crippen LogP contribution < -0.4 is 10.0 Å². The fourth-order valence-electron chi connectivity index (χ4n) is 2.34. The first kappa shape index (κ1) is 19.4. The van der Waals surface area contributed by atoms with Crippen LogP contribution in [0, 0.1) is 6.92 Å². The number of hydrogen-bond donors (Lipinski definition) is 1. The van der Waals surface area contributed by atoms with Gasteiger partial charge in [0.25, 0.3) is 0 Å². The third kappa shape index (κ3) is 6.15. The Morgan fingerprint density at radius 2 is 1.48 bits per heavy atom. The average Bonchev–Trinajstić information content (AvgIpc) is 2.52. The smallest absolute Gasteiger partial charge is 0.238 e. The molecule has 0 atom stereocenters. The number of nitrogens with two attached hydrogens (primary N) is 1. The Kier molecular flexibility index (Phi) is 5.87. The highest BCUT2D eigenvalue weighted by molar-refractivity contribution is 7.90. The fourth-order valence-corrected chi connectivity index (χ4v) is 3.40. The van der Waals surface area contributed by atoms with Gasteiger partial charge in [-0.25, -0.2) is 22.0 Å². The molecule has 0 bridgehead atoms. The van der Waals surface area contributed by atoms with E-state index in [-0.39, 0.29) is 10.6 Å². The quantitative estimate of drug-likeness (QED) is 0.786. The Labute approximate surface area is 149 Å². The van der Waals surface area contributed by atoms with Crippen molar-refractivity contribution >= 4 is 25.5 Å². The summed E-state index contributed by atoms with van der Waals surface area (Å²) in [5.41, 5.74) is 2.91. The van der Waals surface area contributed by atoms with Crippen LogP contribution in [0.2, 0.25) is 0 Å². The molecular weight excluding hydrogens is 360 g/mol. The summed E-state index contributed by atoms with van der Waals surface area (Å²) in [4.78, 5) is 1.92. The maximum atomic E-state index is 11.5. The van der Waals surface area contributed by atoms with Crippen molar-refractivity contribution in [1.82, 2.24) is 0 Å². The van der Waals surface area contributed by atoms with Crippen molar-refractivity contribution in [1.29, 1.82) is 0 Å². The molecule has 0 saturated heterocycles. The van der Waals surface area contributed by atoms with Gasteiger partial charge >= 0.3 is 0 Å². The molecule has 0 unspecified atom stereocenters. The summed E-state index contributed by atoms with van der Waals surface area (Å²) in [6.45, 7) is 2.82. The molecule has 0 saturated carbocycles. The Bertz CT molecular complexity index is 920. The number of nitrogens with zero attached hydrogens (tertiary/aromatic N) is 1. The molecule has 6 nitrogen and oxygen atoms in total. The van der Waals surface area contributed by atoms with Crippen LogP contribution in [0.25, 0.3) is 0 Å². The number of hydrogen-bond acceptors (Lipinski definition) is 5. The molecule has 2 rings (SSSR count). The molecule has 136 valence electrons. The normalized spacial score (nSPS) is 12.1. The zero-order valence-corrected chi connectivity index (χ0v) is 15.8. The number of sulfonamides is 1. The molecular formula is C17H22N2O4S2. The summed E-state index contributed by atoms with van der Waals surface area (Å²) in [5, 5.41) is 5.12. The van der Waals surface area contributed by atoms with E-state index in [4.69, 9.17) is 5.14 Å². The van der Waals surface area contributed by atoms with Crippen LogP contribution >= 0.6 is 0 Å². The molecule has 0 aliphatic carbocycles. The van der Waals surface area contributed by atoms with Crippen molar-refractivity contribution in [2.45, 2.75) is 18.4 Å². The zero-order valence-electron chi connectivity index (χ0n) is 14.2. The number of aryl methyl sites for hydroxylation is 1. The molecule has 0 aliphatic heterocycles. The summed E-state index contributed by atoms with van der Waals surface area (Å²) in [6, 6.07) is 14.1. The van der Waals surface area contributed by atoms with Gasteiger partial charge in [0.1, 0.15) is 9.84 Å². The second-order valence-corrected chi connectivity index (χ2v) is 9.90. The van der Waals surface area contributed by atoms with Crippen molar-refractivity contribution in [2.24, 2.45) is 5.14 Å². The molecule has 0 radical (unpaired) electrons. The number of anilines is 1. The molecule has 2 aromatic carbocycles. The SMILES string of the molecule is Cc1ccc(CN(CCS(C)(=O)=O)c2ccc(S(N)(=O)=O)cc2)cc1. The van der Waals surface area contributed by atoms with Crippen molar-refractivity contribution in [3.63, 3.8) is 0 Å². The molecule has 25 heavy (non-hydrogen) atoms. The van der Waals surface area contributed by atoms with Crippen LogP contribution in [0.1, 0.15) is 11.1 Å². The monoisotopic (exact) mass is 382 g/mol. The van der Waals surface area contributed by atoms with Crippen LogP contribution in [0.5, 0.6) is 0 Å². The number of primary sulfonamides is 1. The maximum Gasteiger partial charge on any atom is 0.238 e. The summed E-state index contributed by atoms with van der Waals surface area (Å²) in [7, 11) is -6.87. The van der Waals surface area contributed by atoms with E-state index in [1.807, 2.05) is 36.1 Å². The Hall–Kier alpha value is -1.90. The largest absolute Gasteiger partial charge is 0.366 e. The third-order valence-corrected chi connectivity index (χ3v) is 5.61. The first-order valence-electron chi connectivity index (χ1n) is 7.66. The third-order valence-electron chi connectivity index (χ3n) is 3.76. The summed E-state index contributed by atoms with van der Waals surface area (Å²) in [5.74, 6) is 0.00972. The van der Waals surface area contributed by atoms with E-state index >= 15 is 0 Å².